The van der Waals surface area contributed by atoms with Crippen LogP contribution in [0.3, 0.4) is 0 Å². The normalized spacial score (nSPS) is 13.7. The molecule has 0 aliphatic rings. The molecule has 2 aromatic rings. The van der Waals surface area contributed by atoms with E-state index in [1.165, 1.54) is 70.6 Å². The largest absolute Gasteiger partial charge is 0.494 e. The van der Waals surface area contributed by atoms with Crippen molar-refractivity contribution in [1.82, 2.24) is 9.97 Å². The molecule has 6 heteroatoms. The van der Waals surface area contributed by atoms with Crippen molar-refractivity contribution in [1.29, 1.82) is 0 Å². The van der Waals surface area contributed by atoms with E-state index in [9.17, 15) is 0 Å². The topological polar surface area (TPSA) is 44.2 Å². The van der Waals surface area contributed by atoms with Crippen molar-refractivity contribution in [2.24, 2.45) is 0 Å². The fourth-order valence-electron chi connectivity index (χ4n) is 6.10. The molecule has 0 saturated carbocycles. The molecule has 0 amide bonds. The van der Waals surface area contributed by atoms with Crippen LogP contribution in [0.1, 0.15) is 104 Å². The van der Waals surface area contributed by atoms with Crippen molar-refractivity contribution >= 4 is 16.1 Å². The van der Waals surface area contributed by atoms with Gasteiger partial charge in [-0.05, 0) is 42.6 Å². The Kier molecular flexibility index (Phi) is 16.3. The van der Waals surface area contributed by atoms with Gasteiger partial charge >= 0.3 is 0 Å². The lowest BCUT2D eigenvalue weighted by Crippen LogP contribution is -2.47. The van der Waals surface area contributed by atoms with Gasteiger partial charge in [-0.25, -0.2) is 9.97 Å². The van der Waals surface area contributed by atoms with E-state index in [0.717, 1.165) is 59.6 Å². The summed E-state index contributed by atoms with van der Waals surface area (Å²) >= 11 is 0. The first kappa shape index (κ1) is 35.5. The van der Waals surface area contributed by atoms with Gasteiger partial charge in [-0.1, -0.05) is 129 Å². The average Bonchev–Trinajstić information content (AvgIpc) is 2.95. The van der Waals surface area contributed by atoms with E-state index in [0.29, 0.717) is 0 Å². The van der Waals surface area contributed by atoms with Crippen molar-refractivity contribution in [2.75, 3.05) is 13.2 Å². The summed E-state index contributed by atoms with van der Waals surface area (Å²) in [6, 6.07) is 8.16. The molecule has 0 bridgehead atoms. The van der Waals surface area contributed by atoms with Gasteiger partial charge in [-0.2, -0.15) is 0 Å². The lowest BCUT2D eigenvalue weighted by atomic mass is 10.1. The number of ether oxygens (including phenoxy) is 2. The van der Waals surface area contributed by atoms with Gasteiger partial charge in [0.1, 0.15) is 5.75 Å². The summed E-state index contributed by atoms with van der Waals surface area (Å²) in [5.74, 6) is 2.39. The number of unbranched alkanes of at least 4 members (excludes halogenated alkanes) is 9. The predicted molar refractivity (Wildman–Crippen MR) is 184 cm³/mol. The highest BCUT2D eigenvalue weighted by molar-refractivity contribution is 6.97. The molecule has 2 rings (SSSR count). The first-order chi connectivity index (χ1) is 19.6. The Hall–Kier alpha value is -1.67. The van der Waals surface area contributed by atoms with Gasteiger partial charge in [0.2, 0.25) is 0 Å². The summed E-state index contributed by atoms with van der Waals surface area (Å²) in [5, 5.41) is 0.965. The van der Waals surface area contributed by atoms with Gasteiger partial charge < -0.3 is 9.47 Å². The molecule has 0 N–H and O–H groups in total. The van der Waals surface area contributed by atoms with Crippen LogP contribution in [0, 0.1) is 0 Å². The highest BCUT2D eigenvalue weighted by Gasteiger charge is 2.41. The summed E-state index contributed by atoms with van der Waals surface area (Å²) < 4.78 is 11.9. The lowest BCUT2D eigenvalue weighted by molar-refractivity contribution is 0.302. The van der Waals surface area contributed by atoms with Gasteiger partial charge in [-0.3, -0.25) is 0 Å². The molecule has 0 aliphatic heterocycles. The zero-order valence-electron chi connectivity index (χ0n) is 27.9. The molecule has 0 radical (unpaired) electrons. The van der Waals surface area contributed by atoms with Gasteiger partial charge in [0.15, 0.2) is 11.6 Å². The SMILES string of the molecule is CCCCCCCCCCOc1cnc(-c2ccc(OCCCCCC(CC)[Si](C)(C)C(C)[Si](C)(C)C)cc2)nc1. The van der Waals surface area contributed by atoms with E-state index in [1.54, 1.807) is 12.4 Å². The van der Waals surface area contributed by atoms with Gasteiger partial charge in [0.05, 0.1) is 33.7 Å². The predicted octanol–water partition coefficient (Wildman–Crippen LogP) is 11.4. The van der Waals surface area contributed by atoms with Crippen molar-refractivity contribution in [3.8, 4) is 22.9 Å². The van der Waals surface area contributed by atoms with E-state index in [-0.39, 0.29) is 0 Å². The molecular weight excluding hydrogens is 537 g/mol. The van der Waals surface area contributed by atoms with Crippen LogP contribution in [0.4, 0.5) is 0 Å². The molecule has 0 saturated heterocycles. The second-order valence-corrected chi connectivity index (χ2v) is 25.3. The molecule has 1 aromatic carbocycles. The Labute approximate surface area is 255 Å². The van der Waals surface area contributed by atoms with Gasteiger partial charge in [0.25, 0.3) is 0 Å². The summed E-state index contributed by atoms with van der Waals surface area (Å²) in [5.41, 5.74) is 1.94. The summed E-state index contributed by atoms with van der Waals surface area (Å²) in [6.45, 7) is 21.7. The first-order valence-electron chi connectivity index (χ1n) is 16.8. The standard InChI is InChI=1S/C35H62N2O2Si2/c1-9-11-12-13-14-15-16-19-27-39-33-28-36-35(37-29-33)31-22-24-32(25-23-31)38-26-20-17-18-21-34(10-2)41(7,8)30(3)40(4,5)6/h22-25,28-30,34H,9-21,26-27H2,1-8H3. The molecule has 0 fully saturated rings. The number of nitrogens with zero attached hydrogens (tertiary/aromatic N) is 2. The molecule has 4 nitrogen and oxygen atoms in total. The lowest BCUT2D eigenvalue weighted by Gasteiger charge is -2.43. The Balaban J connectivity index is 1.65. The van der Waals surface area contributed by atoms with Crippen molar-refractivity contribution in [3.63, 3.8) is 0 Å². The monoisotopic (exact) mass is 598 g/mol. The molecule has 1 heterocycles. The molecule has 2 unspecified atom stereocenters. The molecule has 232 valence electrons. The summed E-state index contributed by atoms with van der Waals surface area (Å²) in [7, 11) is -2.32. The highest BCUT2D eigenvalue weighted by atomic mass is 28.4. The third-order valence-electron chi connectivity index (χ3n) is 9.43. The fraction of sp³-hybridized carbons (Fsp3) is 0.714. The average molecular weight is 599 g/mol. The van der Waals surface area contributed by atoms with Crippen LogP contribution in [-0.4, -0.2) is 39.3 Å². The second-order valence-electron chi connectivity index (χ2n) is 13.8. The zero-order chi connectivity index (χ0) is 30.1. The zero-order valence-corrected chi connectivity index (χ0v) is 29.9. The highest BCUT2D eigenvalue weighted by Crippen LogP contribution is 2.43. The van der Waals surface area contributed by atoms with Crippen LogP contribution >= 0.6 is 0 Å². The van der Waals surface area contributed by atoms with Crippen LogP contribution < -0.4 is 9.47 Å². The molecule has 1 aromatic heterocycles. The Morgan fingerprint density at radius 2 is 1.17 bits per heavy atom. The maximum atomic E-state index is 6.05. The molecule has 0 aliphatic carbocycles. The molecular formula is C35H62N2O2Si2. The number of aromatic nitrogens is 2. The van der Waals surface area contributed by atoms with Crippen LogP contribution in [0.15, 0.2) is 36.7 Å². The molecule has 2 atom stereocenters. The molecule has 41 heavy (non-hydrogen) atoms. The van der Waals surface area contributed by atoms with Crippen LogP contribution in [0.25, 0.3) is 11.4 Å². The smallest absolute Gasteiger partial charge is 0.159 e. The van der Waals surface area contributed by atoms with E-state index >= 15 is 0 Å². The van der Waals surface area contributed by atoms with Gasteiger partial charge in [0, 0.05) is 13.6 Å². The fourth-order valence-corrected chi connectivity index (χ4v) is 18.4. The van der Waals surface area contributed by atoms with Crippen molar-refractivity contribution in [2.45, 2.75) is 148 Å². The van der Waals surface area contributed by atoms with Crippen LogP contribution in [-0.2, 0) is 0 Å². The van der Waals surface area contributed by atoms with E-state index in [1.807, 2.05) is 24.3 Å². The number of hydrogen-bond acceptors (Lipinski definition) is 4. The molecule has 0 spiro atoms. The maximum absolute atomic E-state index is 6.05. The first-order valence-corrected chi connectivity index (χ1v) is 23.5. The Bertz CT molecular complexity index is 942. The third kappa shape index (κ3) is 13.0. The van der Waals surface area contributed by atoms with E-state index < -0.39 is 16.1 Å². The van der Waals surface area contributed by atoms with Crippen LogP contribution in [0.5, 0.6) is 11.5 Å². The second kappa shape index (κ2) is 18.8. The van der Waals surface area contributed by atoms with Crippen LogP contribution in [0.2, 0.25) is 43.4 Å². The number of rotatable bonds is 22. The Morgan fingerprint density at radius 1 is 0.659 bits per heavy atom. The quantitative estimate of drug-likeness (QED) is 0.0998. The summed E-state index contributed by atoms with van der Waals surface area (Å²) in [4.78, 5) is 9.04. The number of benzene rings is 1. The third-order valence-corrected chi connectivity index (χ3v) is 21.9. The van der Waals surface area contributed by atoms with Crippen molar-refractivity contribution in [3.05, 3.63) is 36.7 Å². The summed E-state index contributed by atoms with van der Waals surface area (Å²) in [6.07, 6.45) is 20.4. The minimum Gasteiger partial charge on any atom is -0.494 e. The van der Waals surface area contributed by atoms with E-state index in [2.05, 4.69) is 63.5 Å². The number of hydrogen-bond donors (Lipinski definition) is 0. The maximum Gasteiger partial charge on any atom is 0.159 e. The van der Waals surface area contributed by atoms with Crippen molar-refractivity contribution < 1.29 is 9.47 Å². The van der Waals surface area contributed by atoms with E-state index in [4.69, 9.17) is 9.47 Å². The minimum atomic E-state index is -1.23. The minimum absolute atomic E-state index is 0.719. The van der Waals surface area contributed by atoms with Gasteiger partial charge in [-0.15, -0.1) is 0 Å². The Morgan fingerprint density at radius 3 is 1.71 bits per heavy atom.